The second-order valence-corrected chi connectivity index (χ2v) is 5.06. The van der Waals surface area contributed by atoms with Gasteiger partial charge in [0.2, 0.25) is 0 Å². The van der Waals surface area contributed by atoms with Gasteiger partial charge in [-0.1, -0.05) is 36.4 Å². The first kappa shape index (κ1) is 13.5. The van der Waals surface area contributed by atoms with Crippen molar-refractivity contribution in [3.05, 3.63) is 65.5 Å². The van der Waals surface area contributed by atoms with Crippen molar-refractivity contribution in [2.24, 2.45) is 5.73 Å². The second-order valence-electron chi connectivity index (χ2n) is 5.06. The molecular weight excluding hydrogens is 260 g/mol. The lowest BCUT2D eigenvalue weighted by atomic mass is 10.0. The largest absolute Gasteiger partial charge is 0.324 e. The molecule has 2 N–H and O–H groups in total. The summed E-state index contributed by atoms with van der Waals surface area (Å²) in [6, 6.07) is 16.3. The van der Waals surface area contributed by atoms with E-state index in [-0.39, 0.29) is 0 Å². The van der Waals surface area contributed by atoms with E-state index in [1.807, 2.05) is 41.0 Å². The number of hydrogen-bond donors (Lipinski definition) is 1. The van der Waals surface area contributed by atoms with Crippen LogP contribution in [0, 0.1) is 13.8 Å². The molecule has 106 valence electrons. The van der Waals surface area contributed by atoms with Crippen molar-refractivity contribution in [1.29, 1.82) is 0 Å². The summed E-state index contributed by atoms with van der Waals surface area (Å²) < 4.78 is 2.03. The number of hydrogen-bond acceptors (Lipinski definition) is 3. The first-order chi connectivity index (χ1) is 10.2. The highest BCUT2D eigenvalue weighted by Gasteiger charge is 2.16. The summed E-state index contributed by atoms with van der Waals surface area (Å²) >= 11 is 0. The lowest BCUT2D eigenvalue weighted by Crippen LogP contribution is -2.08. The Morgan fingerprint density at radius 1 is 0.952 bits per heavy atom. The second kappa shape index (κ2) is 5.50. The molecule has 1 heterocycles. The quantitative estimate of drug-likeness (QED) is 0.801. The van der Waals surface area contributed by atoms with E-state index in [0.717, 1.165) is 22.9 Å². The monoisotopic (exact) mass is 278 g/mol. The van der Waals surface area contributed by atoms with Gasteiger partial charge in [-0.15, -0.1) is 10.2 Å². The molecule has 1 aromatic heterocycles. The molecular formula is C17H18N4. The van der Waals surface area contributed by atoms with Crippen LogP contribution in [0.3, 0.4) is 0 Å². The van der Waals surface area contributed by atoms with Gasteiger partial charge in [-0.25, -0.2) is 0 Å². The first-order valence-electron chi connectivity index (χ1n) is 6.98. The SMILES string of the molecule is Cc1cccc(-c2nnc(CN)n2-c2ccccc2)c1C. The summed E-state index contributed by atoms with van der Waals surface area (Å²) in [6.45, 7) is 4.56. The minimum absolute atomic E-state index is 0.354. The summed E-state index contributed by atoms with van der Waals surface area (Å²) in [7, 11) is 0. The number of nitrogens with zero attached hydrogens (tertiary/aromatic N) is 3. The van der Waals surface area contributed by atoms with Crippen LogP contribution >= 0.6 is 0 Å². The number of benzene rings is 2. The third-order valence-corrected chi connectivity index (χ3v) is 3.77. The average molecular weight is 278 g/mol. The lowest BCUT2D eigenvalue weighted by molar-refractivity contribution is 0.861. The fourth-order valence-corrected chi connectivity index (χ4v) is 2.46. The van der Waals surface area contributed by atoms with Crippen LogP contribution in [-0.4, -0.2) is 14.8 Å². The van der Waals surface area contributed by atoms with E-state index in [4.69, 9.17) is 5.73 Å². The fourth-order valence-electron chi connectivity index (χ4n) is 2.46. The van der Waals surface area contributed by atoms with E-state index in [1.165, 1.54) is 11.1 Å². The molecule has 4 heteroatoms. The summed E-state index contributed by atoms with van der Waals surface area (Å²) in [6.07, 6.45) is 0. The van der Waals surface area contributed by atoms with E-state index in [9.17, 15) is 0 Å². The van der Waals surface area contributed by atoms with Crippen LogP contribution in [-0.2, 0) is 6.54 Å². The maximum atomic E-state index is 5.82. The smallest absolute Gasteiger partial charge is 0.168 e. The van der Waals surface area contributed by atoms with Gasteiger partial charge in [0.05, 0.1) is 6.54 Å². The van der Waals surface area contributed by atoms with Gasteiger partial charge >= 0.3 is 0 Å². The third-order valence-electron chi connectivity index (χ3n) is 3.77. The minimum Gasteiger partial charge on any atom is -0.324 e. The molecule has 0 atom stereocenters. The van der Waals surface area contributed by atoms with Gasteiger partial charge in [0, 0.05) is 11.3 Å². The van der Waals surface area contributed by atoms with Crippen molar-refractivity contribution in [3.8, 4) is 17.1 Å². The summed E-state index contributed by atoms with van der Waals surface area (Å²) in [5.41, 5.74) is 10.4. The van der Waals surface area contributed by atoms with E-state index in [2.05, 4.69) is 36.2 Å². The fraction of sp³-hybridized carbons (Fsp3) is 0.176. The molecule has 2 aromatic carbocycles. The Bertz CT molecular complexity index is 760. The van der Waals surface area contributed by atoms with E-state index in [0.29, 0.717) is 6.54 Å². The average Bonchev–Trinajstić information content (AvgIpc) is 2.94. The molecule has 0 aliphatic rings. The van der Waals surface area contributed by atoms with E-state index >= 15 is 0 Å². The Morgan fingerprint density at radius 2 is 1.71 bits per heavy atom. The van der Waals surface area contributed by atoms with Crippen LogP contribution in [0.15, 0.2) is 48.5 Å². The number of nitrogens with two attached hydrogens (primary N) is 1. The highest BCUT2D eigenvalue weighted by Crippen LogP contribution is 2.27. The van der Waals surface area contributed by atoms with Crippen LogP contribution in [0.1, 0.15) is 17.0 Å². The highest BCUT2D eigenvalue weighted by molar-refractivity contribution is 5.64. The molecule has 21 heavy (non-hydrogen) atoms. The van der Waals surface area contributed by atoms with Crippen LogP contribution in [0.2, 0.25) is 0 Å². The van der Waals surface area contributed by atoms with Gasteiger partial charge in [-0.3, -0.25) is 4.57 Å². The van der Waals surface area contributed by atoms with Gasteiger partial charge in [-0.2, -0.15) is 0 Å². The Balaban J connectivity index is 2.25. The maximum Gasteiger partial charge on any atom is 0.168 e. The van der Waals surface area contributed by atoms with Gasteiger partial charge in [0.25, 0.3) is 0 Å². The number of aryl methyl sites for hydroxylation is 1. The molecule has 3 rings (SSSR count). The molecule has 0 saturated carbocycles. The third kappa shape index (κ3) is 2.34. The number of aromatic nitrogens is 3. The molecule has 0 fully saturated rings. The lowest BCUT2D eigenvalue weighted by Gasteiger charge is -2.12. The Hall–Kier alpha value is -2.46. The zero-order valence-corrected chi connectivity index (χ0v) is 12.2. The van der Waals surface area contributed by atoms with Gasteiger partial charge in [-0.05, 0) is 37.1 Å². The van der Waals surface area contributed by atoms with Crippen molar-refractivity contribution in [2.45, 2.75) is 20.4 Å². The molecule has 0 bridgehead atoms. The van der Waals surface area contributed by atoms with Crippen molar-refractivity contribution >= 4 is 0 Å². The van der Waals surface area contributed by atoms with Crippen molar-refractivity contribution in [2.75, 3.05) is 0 Å². The maximum absolute atomic E-state index is 5.82. The molecule has 0 spiro atoms. The van der Waals surface area contributed by atoms with Crippen molar-refractivity contribution in [3.63, 3.8) is 0 Å². The summed E-state index contributed by atoms with van der Waals surface area (Å²) in [5, 5.41) is 8.61. The Labute approximate surface area is 124 Å². The summed E-state index contributed by atoms with van der Waals surface area (Å²) in [5.74, 6) is 1.60. The molecule has 0 amide bonds. The van der Waals surface area contributed by atoms with Crippen molar-refractivity contribution < 1.29 is 0 Å². The summed E-state index contributed by atoms with van der Waals surface area (Å²) in [4.78, 5) is 0. The minimum atomic E-state index is 0.354. The van der Waals surface area contributed by atoms with Crippen LogP contribution in [0.25, 0.3) is 17.1 Å². The molecule has 0 unspecified atom stereocenters. The van der Waals surface area contributed by atoms with E-state index in [1.54, 1.807) is 0 Å². The van der Waals surface area contributed by atoms with Gasteiger partial charge in [0.15, 0.2) is 11.6 Å². The van der Waals surface area contributed by atoms with Crippen LogP contribution < -0.4 is 5.73 Å². The molecule has 3 aromatic rings. The zero-order valence-electron chi connectivity index (χ0n) is 12.2. The Morgan fingerprint density at radius 3 is 2.43 bits per heavy atom. The van der Waals surface area contributed by atoms with E-state index < -0.39 is 0 Å². The predicted molar refractivity (Wildman–Crippen MR) is 84.2 cm³/mol. The molecule has 0 aliphatic carbocycles. The van der Waals surface area contributed by atoms with Crippen LogP contribution in [0.5, 0.6) is 0 Å². The normalized spacial score (nSPS) is 10.8. The topological polar surface area (TPSA) is 56.7 Å². The number of para-hydroxylation sites is 1. The Kier molecular flexibility index (Phi) is 3.54. The van der Waals surface area contributed by atoms with Gasteiger partial charge in [0.1, 0.15) is 0 Å². The highest BCUT2D eigenvalue weighted by atomic mass is 15.3. The van der Waals surface area contributed by atoms with Crippen molar-refractivity contribution in [1.82, 2.24) is 14.8 Å². The zero-order chi connectivity index (χ0) is 14.8. The number of rotatable bonds is 3. The standard InChI is InChI=1S/C17H18N4/c1-12-7-6-10-15(13(12)2)17-20-19-16(11-18)21(17)14-8-4-3-5-9-14/h3-10H,11,18H2,1-2H3. The van der Waals surface area contributed by atoms with Crippen LogP contribution in [0.4, 0.5) is 0 Å². The first-order valence-corrected chi connectivity index (χ1v) is 6.98. The van der Waals surface area contributed by atoms with Gasteiger partial charge < -0.3 is 5.73 Å². The molecule has 0 saturated heterocycles. The predicted octanol–water partition coefficient (Wildman–Crippen LogP) is 3.01. The molecule has 4 nitrogen and oxygen atoms in total. The molecule has 0 aliphatic heterocycles. The molecule has 0 radical (unpaired) electrons.